The smallest absolute Gasteiger partial charge is 0.118 e. The first kappa shape index (κ1) is 11.1. The normalized spacial score (nSPS) is 13.8. The van der Waals surface area contributed by atoms with Crippen LogP contribution in [0.4, 0.5) is 0 Å². The third kappa shape index (κ3) is 2.50. The highest BCUT2D eigenvalue weighted by atomic mass is 16.5. The van der Waals surface area contributed by atoms with Crippen LogP contribution in [0.15, 0.2) is 24.3 Å². The molecule has 0 radical (unpaired) electrons. The van der Waals surface area contributed by atoms with Crippen LogP contribution in [-0.4, -0.2) is 7.11 Å². The lowest BCUT2D eigenvalue weighted by Gasteiger charge is -2.27. The Labute approximate surface area is 87.1 Å². The summed E-state index contributed by atoms with van der Waals surface area (Å²) in [5.41, 5.74) is 1.69. The summed E-state index contributed by atoms with van der Waals surface area (Å²) in [7, 11) is 1.70. The second-order valence-electron chi connectivity index (χ2n) is 4.86. The summed E-state index contributed by atoms with van der Waals surface area (Å²) in [6.07, 6.45) is 0. The fourth-order valence-electron chi connectivity index (χ4n) is 1.39. The van der Waals surface area contributed by atoms with E-state index in [2.05, 4.69) is 39.8 Å². The average molecular weight is 192 g/mol. The van der Waals surface area contributed by atoms with Gasteiger partial charge in [0, 0.05) is 0 Å². The number of ether oxygens (including phenoxy) is 1. The maximum atomic E-state index is 5.13. The van der Waals surface area contributed by atoms with Crippen molar-refractivity contribution >= 4 is 0 Å². The molecule has 0 aliphatic heterocycles. The van der Waals surface area contributed by atoms with Gasteiger partial charge >= 0.3 is 0 Å². The molecule has 0 spiro atoms. The molecule has 0 saturated heterocycles. The van der Waals surface area contributed by atoms with Crippen LogP contribution >= 0.6 is 0 Å². The Hall–Kier alpha value is -0.980. The van der Waals surface area contributed by atoms with Gasteiger partial charge in [-0.3, -0.25) is 0 Å². The van der Waals surface area contributed by atoms with Crippen molar-refractivity contribution in [1.82, 2.24) is 0 Å². The molecule has 0 N–H and O–H groups in total. The maximum Gasteiger partial charge on any atom is 0.118 e. The maximum absolute atomic E-state index is 5.13. The van der Waals surface area contributed by atoms with Crippen LogP contribution in [0, 0.1) is 5.41 Å². The van der Waals surface area contributed by atoms with Crippen LogP contribution in [0.25, 0.3) is 0 Å². The molecule has 1 heteroatoms. The zero-order chi connectivity index (χ0) is 10.8. The molecule has 14 heavy (non-hydrogen) atoms. The summed E-state index contributed by atoms with van der Waals surface area (Å²) < 4.78 is 5.13. The molecule has 1 aromatic rings. The van der Waals surface area contributed by atoms with Gasteiger partial charge in [-0.15, -0.1) is 0 Å². The van der Waals surface area contributed by atoms with Crippen molar-refractivity contribution in [2.24, 2.45) is 5.41 Å². The molecule has 1 atom stereocenters. The minimum atomic E-state index is 0.314. The molecule has 0 aliphatic rings. The predicted octanol–water partition coefficient (Wildman–Crippen LogP) is 3.84. The van der Waals surface area contributed by atoms with Gasteiger partial charge in [-0.2, -0.15) is 0 Å². The zero-order valence-electron chi connectivity index (χ0n) is 9.79. The summed E-state index contributed by atoms with van der Waals surface area (Å²) in [5, 5.41) is 0. The molecule has 0 aliphatic carbocycles. The van der Waals surface area contributed by atoms with Crippen LogP contribution in [0.3, 0.4) is 0 Å². The van der Waals surface area contributed by atoms with E-state index in [1.54, 1.807) is 7.11 Å². The predicted molar refractivity (Wildman–Crippen MR) is 60.9 cm³/mol. The van der Waals surface area contributed by atoms with Gasteiger partial charge in [-0.05, 0) is 29.0 Å². The van der Waals surface area contributed by atoms with Gasteiger partial charge in [0.1, 0.15) is 5.75 Å². The van der Waals surface area contributed by atoms with E-state index < -0.39 is 0 Å². The van der Waals surface area contributed by atoms with Crippen molar-refractivity contribution in [3.8, 4) is 5.75 Å². The van der Waals surface area contributed by atoms with Crippen molar-refractivity contribution in [3.63, 3.8) is 0 Å². The van der Waals surface area contributed by atoms with Crippen LogP contribution in [0.1, 0.15) is 39.2 Å². The van der Waals surface area contributed by atoms with E-state index in [0.29, 0.717) is 11.3 Å². The van der Waals surface area contributed by atoms with Gasteiger partial charge in [0.05, 0.1) is 7.11 Å². The number of hydrogen-bond donors (Lipinski definition) is 0. The second-order valence-corrected chi connectivity index (χ2v) is 4.86. The largest absolute Gasteiger partial charge is 0.497 e. The molecule has 0 saturated carbocycles. The monoisotopic (exact) mass is 192 g/mol. The van der Waals surface area contributed by atoms with E-state index in [0.717, 1.165) is 5.75 Å². The zero-order valence-corrected chi connectivity index (χ0v) is 9.79. The molecular weight excluding hydrogens is 172 g/mol. The molecule has 0 fully saturated rings. The number of hydrogen-bond acceptors (Lipinski definition) is 1. The molecular formula is C13H20O. The Bertz CT molecular complexity index is 279. The molecule has 0 bridgehead atoms. The van der Waals surface area contributed by atoms with Crippen LogP contribution in [-0.2, 0) is 0 Å². The third-order valence-electron chi connectivity index (χ3n) is 2.91. The number of benzene rings is 1. The topological polar surface area (TPSA) is 9.23 Å². The molecule has 1 aromatic carbocycles. The number of rotatable bonds is 2. The summed E-state index contributed by atoms with van der Waals surface area (Å²) in [6.45, 7) is 9.06. The Morgan fingerprint density at radius 1 is 1.07 bits per heavy atom. The number of methoxy groups -OCH3 is 1. The lowest BCUT2D eigenvalue weighted by atomic mass is 9.78. The van der Waals surface area contributed by atoms with E-state index >= 15 is 0 Å². The van der Waals surface area contributed by atoms with Gasteiger partial charge in [-0.25, -0.2) is 0 Å². The first-order valence-corrected chi connectivity index (χ1v) is 5.09. The highest BCUT2D eigenvalue weighted by Crippen LogP contribution is 2.34. The summed E-state index contributed by atoms with van der Waals surface area (Å²) in [5.74, 6) is 1.49. The lowest BCUT2D eigenvalue weighted by Crippen LogP contribution is -2.15. The Balaban J connectivity index is 2.87. The fourth-order valence-corrected chi connectivity index (χ4v) is 1.39. The average Bonchev–Trinajstić information content (AvgIpc) is 2.15. The standard InChI is InChI=1S/C13H20O/c1-10(13(2,3)4)11-6-8-12(14-5)9-7-11/h6-10H,1-5H3/t10-/m0/s1. The van der Waals surface area contributed by atoms with Gasteiger partial charge in [-0.1, -0.05) is 39.8 Å². The minimum Gasteiger partial charge on any atom is -0.497 e. The minimum absolute atomic E-state index is 0.314. The SMILES string of the molecule is COc1ccc([C@H](C)C(C)(C)C)cc1. The Kier molecular flexibility index (Phi) is 3.20. The highest BCUT2D eigenvalue weighted by molar-refractivity contribution is 5.29. The molecule has 0 unspecified atom stereocenters. The van der Waals surface area contributed by atoms with Crippen LogP contribution in [0.2, 0.25) is 0 Å². The molecule has 1 rings (SSSR count). The third-order valence-corrected chi connectivity index (χ3v) is 2.91. The van der Waals surface area contributed by atoms with E-state index in [1.165, 1.54) is 5.56 Å². The van der Waals surface area contributed by atoms with Gasteiger partial charge in [0.15, 0.2) is 0 Å². The van der Waals surface area contributed by atoms with Gasteiger partial charge < -0.3 is 4.74 Å². The van der Waals surface area contributed by atoms with E-state index in [1.807, 2.05) is 12.1 Å². The van der Waals surface area contributed by atoms with Crippen LogP contribution in [0.5, 0.6) is 5.75 Å². The van der Waals surface area contributed by atoms with Gasteiger partial charge in [0.2, 0.25) is 0 Å². The molecule has 1 nitrogen and oxygen atoms in total. The molecule has 0 heterocycles. The molecule has 0 aromatic heterocycles. The Morgan fingerprint density at radius 3 is 1.93 bits per heavy atom. The van der Waals surface area contributed by atoms with E-state index in [9.17, 15) is 0 Å². The van der Waals surface area contributed by atoms with Crippen molar-refractivity contribution in [1.29, 1.82) is 0 Å². The first-order valence-electron chi connectivity index (χ1n) is 5.09. The van der Waals surface area contributed by atoms with Gasteiger partial charge in [0.25, 0.3) is 0 Å². The lowest BCUT2D eigenvalue weighted by molar-refractivity contribution is 0.339. The molecule has 0 amide bonds. The van der Waals surface area contributed by atoms with Crippen molar-refractivity contribution in [2.75, 3.05) is 7.11 Å². The first-order chi connectivity index (χ1) is 6.45. The summed E-state index contributed by atoms with van der Waals surface area (Å²) >= 11 is 0. The second kappa shape index (κ2) is 4.04. The highest BCUT2D eigenvalue weighted by Gasteiger charge is 2.21. The van der Waals surface area contributed by atoms with Crippen LogP contribution < -0.4 is 4.74 Å². The summed E-state index contributed by atoms with van der Waals surface area (Å²) in [4.78, 5) is 0. The Morgan fingerprint density at radius 2 is 1.57 bits per heavy atom. The van der Waals surface area contributed by atoms with Crippen molar-refractivity contribution in [3.05, 3.63) is 29.8 Å². The van der Waals surface area contributed by atoms with Crippen molar-refractivity contribution < 1.29 is 4.74 Å². The van der Waals surface area contributed by atoms with E-state index in [4.69, 9.17) is 4.74 Å². The molecule has 78 valence electrons. The van der Waals surface area contributed by atoms with Crippen molar-refractivity contribution in [2.45, 2.75) is 33.6 Å². The fraction of sp³-hybridized carbons (Fsp3) is 0.538. The van der Waals surface area contributed by atoms with E-state index in [-0.39, 0.29) is 0 Å². The quantitative estimate of drug-likeness (QED) is 0.691. The summed E-state index contributed by atoms with van der Waals surface area (Å²) in [6, 6.07) is 8.35.